The maximum atomic E-state index is 12.6. The van der Waals surface area contributed by atoms with Gasteiger partial charge in [0, 0.05) is 45.6 Å². The van der Waals surface area contributed by atoms with Crippen LogP contribution in [-0.2, 0) is 16.4 Å². The van der Waals surface area contributed by atoms with Crippen LogP contribution in [0.2, 0.25) is 0 Å². The number of sulfonamides is 1. The van der Waals surface area contributed by atoms with Crippen molar-refractivity contribution in [3.05, 3.63) is 29.6 Å². The van der Waals surface area contributed by atoms with Crippen molar-refractivity contribution in [2.24, 2.45) is 10.9 Å². The summed E-state index contributed by atoms with van der Waals surface area (Å²) < 4.78 is 61.2. The van der Waals surface area contributed by atoms with Gasteiger partial charge in [-0.05, 0) is 49.3 Å². The van der Waals surface area contributed by atoms with Crippen LogP contribution >= 0.6 is 24.0 Å². The van der Waals surface area contributed by atoms with Crippen molar-refractivity contribution in [1.82, 2.24) is 19.9 Å². The van der Waals surface area contributed by atoms with Crippen LogP contribution in [0.15, 0.2) is 23.5 Å². The topological polar surface area (TPSA) is 86.7 Å². The summed E-state index contributed by atoms with van der Waals surface area (Å²) in [4.78, 5) is 8.20. The predicted molar refractivity (Wildman–Crippen MR) is 117 cm³/mol. The lowest BCUT2D eigenvalue weighted by Crippen LogP contribution is -2.47. The molecule has 2 rings (SSSR count). The van der Waals surface area contributed by atoms with Gasteiger partial charge in [-0.15, -0.1) is 24.0 Å². The third-order valence-electron chi connectivity index (χ3n) is 4.81. The van der Waals surface area contributed by atoms with Crippen LogP contribution in [-0.4, -0.2) is 62.4 Å². The van der Waals surface area contributed by atoms with Crippen LogP contribution in [0.5, 0.6) is 0 Å². The Morgan fingerprint density at radius 2 is 1.97 bits per heavy atom. The standard InChI is InChI=1S/C17H26F3N5O2S.HI/c1-13-11-22-7-3-15(13)4-8-23-16(21-2)24-12-14-5-9-25(10-6-14)28(26,27)17(18,19)20;/h3,7,11,14H,4-6,8-10,12H2,1-2H3,(H2,21,23,24);1H. The lowest BCUT2D eigenvalue weighted by molar-refractivity contribution is -0.0496. The Bertz CT molecular complexity index is 782. The number of nitrogens with one attached hydrogen (secondary N) is 2. The number of aliphatic imine (C=N–C) groups is 1. The van der Waals surface area contributed by atoms with Crippen LogP contribution < -0.4 is 10.6 Å². The molecule has 2 N–H and O–H groups in total. The molecule has 0 saturated carbocycles. The molecule has 0 amide bonds. The average molecular weight is 549 g/mol. The maximum Gasteiger partial charge on any atom is 0.511 e. The molecule has 7 nitrogen and oxygen atoms in total. The molecule has 1 aromatic heterocycles. The van der Waals surface area contributed by atoms with E-state index in [0.29, 0.717) is 36.2 Å². The molecule has 0 aromatic carbocycles. The maximum absolute atomic E-state index is 12.6. The summed E-state index contributed by atoms with van der Waals surface area (Å²) >= 11 is 0. The minimum absolute atomic E-state index is 0. The number of alkyl halides is 3. The number of halogens is 4. The molecule has 0 spiro atoms. The Morgan fingerprint density at radius 1 is 1.31 bits per heavy atom. The Kier molecular flexibility index (Phi) is 10.1. The number of guanidine groups is 1. The van der Waals surface area contributed by atoms with Crippen LogP contribution in [0.3, 0.4) is 0 Å². The number of aryl methyl sites for hydroxylation is 1. The number of piperidine rings is 1. The van der Waals surface area contributed by atoms with Gasteiger partial charge >= 0.3 is 15.5 Å². The van der Waals surface area contributed by atoms with Crippen LogP contribution in [0.25, 0.3) is 0 Å². The van der Waals surface area contributed by atoms with Gasteiger partial charge < -0.3 is 10.6 Å². The summed E-state index contributed by atoms with van der Waals surface area (Å²) in [5.41, 5.74) is -2.93. The zero-order chi connectivity index (χ0) is 20.8. The second-order valence-corrected chi connectivity index (χ2v) is 8.65. The van der Waals surface area contributed by atoms with Crippen molar-refractivity contribution in [3.63, 3.8) is 0 Å². The Labute approximate surface area is 186 Å². The minimum Gasteiger partial charge on any atom is -0.356 e. The van der Waals surface area contributed by atoms with E-state index in [1.54, 1.807) is 13.2 Å². The van der Waals surface area contributed by atoms with E-state index >= 15 is 0 Å². The molecule has 12 heteroatoms. The fraction of sp³-hybridized carbons (Fsp3) is 0.647. The molecule has 1 saturated heterocycles. The first kappa shape index (κ1) is 25.9. The third kappa shape index (κ3) is 7.24. The van der Waals surface area contributed by atoms with Crippen LogP contribution in [0, 0.1) is 12.8 Å². The van der Waals surface area contributed by atoms with Crippen molar-refractivity contribution in [3.8, 4) is 0 Å². The van der Waals surface area contributed by atoms with Gasteiger partial charge in [-0.25, -0.2) is 8.42 Å². The monoisotopic (exact) mass is 549 g/mol. The third-order valence-corrected chi connectivity index (χ3v) is 6.44. The first-order chi connectivity index (χ1) is 13.1. The van der Waals surface area contributed by atoms with E-state index in [1.165, 1.54) is 5.56 Å². The summed E-state index contributed by atoms with van der Waals surface area (Å²) in [7, 11) is -3.58. The number of aromatic nitrogens is 1. The lowest BCUT2D eigenvalue weighted by atomic mass is 9.98. The molecule has 0 unspecified atom stereocenters. The highest BCUT2D eigenvalue weighted by Gasteiger charge is 2.50. The van der Waals surface area contributed by atoms with Crippen molar-refractivity contribution >= 4 is 40.0 Å². The molecule has 1 aliphatic rings. The van der Waals surface area contributed by atoms with E-state index in [1.807, 2.05) is 19.2 Å². The van der Waals surface area contributed by atoms with Gasteiger partial charge in [-0.2, -0.15) is 17.5 Å². The molecular weight excluding hydrogens is 522 g/mol. The SMILES string of the molecule is CN=C(NCCc1ccncc1C)NCC1CCN(S(=O)(=O)C(F)(F)F)CC1.I. The van der Waals surface area contributed by atoms with Gasteiger partial charge in [-0.1, -0.05) is 0 Å². The molecule has 1 aromatic rings. The van der Waals surface area contributed by atoms with Gasteiger partial charge in [0.05, 0.1) is 0 Å². The van der Waals surface area contributed by atoms with Crippen LogP contribution in [0.1, 0.15) is 24.0 Å². The average Bonchev–Trinajstić information content (AvgIpc) is 2.65. The first-order valence-electron chi connectivity index (χ1n) is 9.05. The van der Waals surface area contributed by atoms with E-state index in [0.717, 1.165) is 12.0 Å². The van der Waals surface area contributed by atoms with Crippen LogP contribution in [0.4, 0.5) is 13.2 Å². The zero-order valence-electron chi connectivity index (χ0n) is 16.4. The largest absolute Gasteiger partial charge is 0.511 e. The fourth-order valence-corrected chi connectivity index (χ4v) is 4.04. The van der Waals surface area contributed by atoms with Gasteiger partial charge in [0.1, 0.15) is 0 Å². The Balaban J connectivity index is 0.00000420. The van der Waals surface area contributed by atoms with Gasteiger partial charge in [0.2, 0.25) is 0 Å². The number of nitrogens with zero attached hydrogens (tertiary/aromatic N) is 3. The van der Waals surface area contributed by atoms with Gasteiger partial charge in [0.15, 0.2) is 5.96 Å². The Hall–Kier alpha value is -1.15. The smallest absolute Gasteiger partial charge is 0.356 e. The van der Waals surface area contributed by atoms with Crippen molar-refractivity contribution in [2.45, 2.75) is 31.7 Å². The first-order valence-corrected chi connectivity index (χ1v) is 10.5. The quantitative estimate of drug-likeness (QED) is 0.323. The van der Waals surface area contributed by atoms with Crippen molar-refractivity contribution < 1.29 is 21.6 Å². The van der Waals surface area contributed by atoms with Crippen molar-refractivity contribution in [1.29, 1.82) is 0 Å². The highest BCUT2D eigenvalue weighted by atomic mass is 127. The molecular formula is C17H27F3IN5O2S. The van der Waals surface area contributed by atoms with E-state index in [2.05, 4.69) is 20.6 Å². The normalized spacial score (nSPS) is 16.9. The molecule has 166 valence electrons. The van der Waals surface area contributed by atoms with Gasteiger partial charge in [0.25, 0.3) is 0 Å². The van der Waals surface area contributed by atoms with E-state index < -0.39 is 15.5 Å². The molecule has 1 fully saturated rings. The zero-order valence-corrected chi connectivity index (χ0v) is 19.5. The molecule has 0 radical (unpaired) electrons. The number of hydrogen-bond donors (Lipinski definition) is 2. The molecule has 29 heavy (non-hydrogen) atoms. The van der Waals surface area contributed by atoms with Gasteiger partial charge in [-0.3, -0.25) is 9.98 Å². The number of hydrogen-bond acceptors (Lipinski definition) is 4. The number of pyridine rings is 1. The van der Waals surface area contributed by atoms with E-state index in [-0.39, 0.29) is 43.0 Å². The lowest BCUT2D eigenvalue weighted by Gasteiger charge is -2.31. The summed E-state index contributed by atoms with van der Waals surface area (Å²) in [6, 6.07) is 1.97. The highest BCUT2D eigenvalue weighted by Crippen LogP contribution is 2.30. The molecule has 2 heterocycles. The molecule has 0 aliphatic carbocycles. The summed E-state index contributed by atoms with van der Waals surface area (Å²) in [5.74, 6) is 0.692. The summed E-state index contributed by atoms with van der Waals surface area (Å²) in [6.07, 6.45) is 5.11. The number of rotatable bonds is 6. The highest BCUT2D eigenvalue weighted by molar-refractivity contribution is 14.0. The summed E-state index contributed by atoms with van der Waals surface area (Å²) in [6.45, 7) is 2.95. The van der Waals surface area contributed by atoms with Crippen molar-refractivity contribution in [2.75, 3.05) is 33.2 Å². The Morgan fingerprint density at radius 3 is 2.52 bits per heavy atom. The fourth-order valence-electron chi connectivity index (χ4n) is 3.06. The van der Waals surface area contributed by atoms with E-state index in [9.17, 15) is 21.6 Å². The molecule has 1 aliphatic heterocycles. The predicted octanol–water partition coefficient (Wildman–Crippen LogP) is 2.28. The second-order valence-electron chi connectivity index (χ2n) is 6.73. The minimum atomic E-state index is -5.24. The molecule has 0 bridgehead atoms. The molecule has 0 atom stereocenters. The second kappa shape index (κ2) is 11.3. The van der Waals surface area contributed by atoms with E-state index in [4.69, 9.17) is 0 Å². The summed E-state index contributed by atoms with van der Waals surface area (Å²) in [5, 5.41) is 6.36.